The molecule has 0 spiro atoms. The molecule has 0 atom stereocenters. The predicted molar refractivity (Wildman–Crippen MR) is 63.3 cm³/mol. The SMILES string of the molecule is COc1ccc(SC(C)(C)C)cc1C. The van der Waals surface area contributed by atoms with Gasteiger partial charge in [-0.25, -0.2) is 0 Å². The number of hydrogen-bond acceptors (Lipinski definition) is 2. The van der Waals surface area contributed by atoms with Crippen molar-refractivity contribution >= 4 is 11.8 Å². The largest absolute Gasteiger partial charge is 0.496 e. The van der Waals surface area contributed by atoms with E-state index in [1.807, 2.05) is 17.8 Å². The van der Waals surface area contributed by atoms with Crippen LogP contribution in [-0.2, 0) is 0 Å². The second kappa shape index (κ2) is 4.26. The van der Waals surface area contributed by atoms with Gasteiger partial charge in [0.1, 0.15) is 5.75 Å². The van der Waals surface area contributed by atoms with Gasteiger partial charge < -0.3 is 4.74 Å². The maximum atomic E-state index is 5.22. The zero-order valence-electron chi connectivity index (χ0n) is 9.55. The van der Waals surface area contributed by atoms with Crippen LogP contribution < -0.4 is 4.74 Å². The van der Waals surface area contributed by atoms with E-state index >= 15 is 0 Å². The number of ether oxygens (including phenoxy) is 1. The molecule has 0 aromatic heterocycles. The third-order valence-electron chi connectivity index (χ3n) is 1.79. The van der Waals surface area contributed by atoms with Crippen molar-refractivity contribution in [3.8, 4) is 5.75 Å². The number of hydrogen-bond donors (Lipinski definition) is 0. The van der Waals surface area contributed by atoms with E-state index in [4.69, 9.17) is 4.74 Å². The summed E-state index contributed by atoms with van der Waals surface area (Å²) in [4.78, 5) is 1.30. The molecule has 0 radical (unpaired) electrons. The van der Waals surface area contributed by atoms with Crippen LogP contribution >= 0.6 is 11.8 Å². The van der Waals surface area contributed by atoms with Crippen molar-refractivity contribution in [2.24, 2.45) is 0 Å². The minimum absolute atomic E-state index is 0.265. The topological polar surface area (TPSA) is 9.23 Å². The molecule has 0 bridgehead atoms. The third kappa shape index (κ3) is 3.26. The van der Waals surface area contributed by atoms with Gasteiger partial charge in [-0.15, -0.1) is 11.8 Å². The van der Waals surface area contributed by atoms with E-state index in [9.17, 15) is 0 Å². The Morgan fingerprint density at radius 3 is 2.29 bits per heavy atom. The molecule has 0 unspecified atom stereocenters. The highest BCUT2D eigenvalue weighted by Crippen LogP contribution is 2.33. The van der Waals surface area contributed by atoms with Crippen LogP contribution in [0.2, 0.25) is 0 Å². The quantitative estimate of drug-likeness (QED) is 0.685. The summed E-state index contributed by atoms with van der Waals surface area (Å²) >= 11 is 1.88. The number of methoxy groups -OCH3 is 1. The molecule has 14 heavy (non-hydrogen) atoms. The highest BCUT2D eigenvalue weighted by atomic mass is 32.2. The van der Waals surface area contributed by atoms with Gasteiger partial charge in [0.15, 0.2) is 0 Å². The van der Waals surface area contributed by atoms with Crippen molar-refractivity contribution in [3.05, 3.63) is 23.8 Å². The van der Waals surface area contributed by atoms with E-state index in [2.05, 4.69) is 39.8 Å². The monoisotopic (exact) mass is 210 g/mol. The van der Waals surface area contributed by atoms with E-state index in [0.29, 0.717) is 0 Å². The first-order chi connectivity index (χ1) is 6.42. The highest BCUT2D eigenvalue weighted by Gasteiger charge is 2.12. The van der Waals surface area contributed by atoms with Crippen LogP contribution in [0.3, 0.4) is 0 Å². The number of benzene rings is 1. The lowest BCUT2D eigenvalue weighted by Gasteiger charge is -2.18. The van der Waals surface area contributed by atoms with Gasteiger partial charge in [0.05, 0.1) is 7.11 Å². The van der Waals surface area contributed by atoms with Crippen LogP contribution in [0.1, 0.15) is 26.3 Å². The Kier molecular flexibility index (Phi) is 3.48. The number of rotatable bonds is 2. The second-order valence-corrected chi connectivity index (χ2v) is 6.25. The van der Waals surface area contributed by atoms with Gasteiger partial charge in [0.2, 0.25) is 0 Å². The smallest absolute Gasteiger partial charge is 0.121 e. The predicted octanol–water partition coefficient (Wildman–Crippen LogP) is 3.89. The van der Waals surface area contributed by atoms with Gasteiger partial charge in [0.25, 0.3) is 0 Å². The fraction of sp³-hybridized carbons (Fsp3) is 0.500. The van der Waals surface area contributed by atoms with Crippen LogP contribution in [0.15, 0.2) is 23.1 Å². The van der Waals surface area contributed by atoms with Crippen LogP contribution in [0, 0.1) is 6.92 Å². The van der Waals surface area contributed by atoms with Gasteiger partial charge in [-0.3, -0.25) is 0 Å². The molecule has 1 aromatic carbocycles. The van der Waals surface area contributed by atoms with Gasteiger partial charge in [-0.2, -0.15) is 0 Å². The molecule has 0 heterocycles. The lowest BCUT2D eigenvalue weighted by atomic mass is 10.2. The molecule has 0 aliphatic heterocycles. The summed E-state index contributed by atoms with van der Waals surface area (Å²) in [6, 6.07) is 6.32. The van der Waals surface area contributed by atoms with Crippen LogP contribution in [-0.4, -0.2) is 11.9 Å². The maximum absolute atomic E-state index is 5.22. The maximum Gasteiger partial charge on any atom is 0.121 e. The molecule has 0 aliphatic carbocycles. The average Bonchev–Trinajstić information content (AvgIpc) is 2.01. The summed E-state index contributed by atoms with van der Waals surface area (Å²) < 4.78 is 5.49. The Hall–Kier alpha value is -0.630. The molecule has 1 aromatic rings. The lowest BCUT2D eigenvalue weighted by molar-refractivity contribution is 0.411. The number of thioether (sulfide) groups is 1. The van der Waals surface area contributed by atoms with Crippen molar-refractivity contribution in [3.63, 3.8) is 0 Å². The van der Waals surface area contributed by atoms with Gasteiger partial charge in [-0.1, -0.05) is 20.8 Å². The molecule has 1 rings (SSSR count). The molecule has 0 saturated carbocycles. The standard InChI is InChI=1S/C12H18OS/c1-9-8-10(14-12(2,3)4)6-7-11(9)13-5/h6-8H,1-5H3. The third-order valence-corrected chi connectivity index (χ3v) is 2.89. The van der Waals surface area contributed by atoms with Crippen molar-refractivity contribution in [1.29, 1.82) is 0 Å². The molecule has 0 amide bonds. The fourth-order valence-electron chi connectivity index (χ4n) is 1.27. The van der Waals surface area contributed by atoms with Crippen LogP contribution in [0.5, 0.6) is 5.75 Å². The van der Waals surface area contributed by atoms with E-state index in [1.54, 1.807) is 7.11 Å². The summed E-state index contributed by atoms with van der Waals surface area (Å²) in [7, 11) is 1.71. The van der Waals surface area contributed by atoms with Crippen molar-refractivity contribution in [2.75, 3.05) is 7.11 Å². The van der Waals surface area contributed by atoms with Crippen molar-refractivity contribution in [1.82, 2.24) is 0 Å². The second-order valence-electron chi connectivity index (χ2n) is 4.35. The molecular formula is C12H18OS. The molecule has 0 saturated heterocycles. The first kappa shape index (κ1) is 11.4. The van der Waals surface area contributed by atoms with Gasteiger partial charge >= 0.3 is 0 Å². The normalized spacial score (nSPS) is 11.5. The van der Waals surface area contributed by atoms with Crippen molar-refractivity contribution in [2.45, 2.75) is 37.3 Å². The Morgan fingerprint density at radius 2 is 1.86 bits per heavy atom. The number of aryl methyl sites for hydroxylation is 1. The molecule has 1 nitrogen and oxygen atoms in total. The minimum Gasteiger partial charge on any atom is -0.496 e. The minimum atomic E-state index is 0.265. The van der Waals surface area contributed by atoms with E-state index in [0.717, 1.165) is 5.75 Å². The van der Waals surface area contributed by atoms with Crippen LogP contribution in [0.25, 0.3) is 0 Å². The summed E-state index contributed by atoms with van der Waals surface area (Å²) in [6.45, 7) is 8.73. The zero-order valence-corrected chi connectivity index (χ0v) is 10.4. The molecule has 0 fully saturated rings. The highest BCUT2D eigenvalue weighted by molar-refractivity contribution is 8.00. The zero-order chi connectivity index (χ0) is 10.8. The molecule has 0 aliphatic rings. The summed E-state index contributed by atoms with van der Waals surface area (Å²) in [5.41, 5.74) is 1.20. The Bertz CT molecular complexity index is 313. The summed E-state index contributed by atoms with van der Waals surface area (Å²) in [5, 5.41) is 0. The first-order valence-corrected chi connectivity index (χ1v) is 5.58. The average molecular weight is 210 g/mol. The van der Waals surface area contributed by atoms with E-state index in [1.165, 1.54) is 10.5 Å². The van der Waals surface area contributed by atoms with Crippen molar-refractivity contribution < 1.29 is 4.74 Å². The van der Waals surface area contributed by atoms with E-state index in [-0.39, 0.29) is 4.75 Å². The molecule has 78 valence electrons. The summed E-state index contributed by atoms with van der Waals surface area (Å²) in [5.74, 6) is 0.961. The molecule has 2 heteroatoms. The van der Waals surface area contributed by atoms with Crippen LogP contribution in [0.4, 0.5) is 0 Å². The molecular weight excluding hydrogens is 192 g/mol. The molecule has 0 N–H and O–H groups in total. The first-order valence-electron chi connectivity index (χ1n) is 4.76. The Morgan fingerprint density at radius 1 is 1.21 bits per heavy atom. The Balaban J connectivity index is 2.87. The summed E-state index contributed by atoms with van der Waals surface area (Å²) in [6.07, 6.45) is 0. The van der Waals surface area contributed by atoms with Gasteiger partial charge in [0, 0.05) is 9.64 Å². The fourth-order valence-corrected chi connectivity index (χ4v) is 2.35. The Labute approximate surface area is 90.9 Å². The lowest BCUT2D eigenvalue weighted by Crippen LogP contribution is -2.06. The van der Waals surface area contributed by atoms with Gasteiger partial charge in [-0.05, 0) is 30.7 Å². The van der Waals surface area contributed by atoms with E-state index < -0.39 is 0 Å².